The van der Waals surface area contributed by atoms with Crippen LogP contribution in [0.3, 0.4) is 0 Å². The summed E-state index contributed by atoms with van der Waals surface area (Å²) in [6, 6.07) is 15.1. The van der Waals surface area contributed by atoms with Crippen LogP contribution in [0.1, 0.15) is 28.7 Å². The number of hydrogen-bond donors (Lipinski definition) is 1. The summed E-state index contributed by atoms with van der Waals surface area (Å²) in [5.74, 6) is -0.0896. The van der Waals surface area contributed by atoms with Crippen molar-refractivity contribution in [2.24, 2.45) is 0 Å². The van der Waals surface area contributed by atoms with Crippen LogP contribution in [-0.2, 0) is 6.42 Å². The molecule has 0 bridgehead atoms. The van der Waals surface area contributed by atoms with Crippen LogP contribution in [0, 0.1) is 0 Å². The van der Waals surface area contributed by atoms with Gasteiger partial charge < -0.3 is 5.32 Å². The third kappa shape index (κ3) is 3.11. The molecule has 1 aromatic heterocycles. The predicted molar refractivity (Wildman–Crippen MR) is 88.0 cm³/mol. The van der Waals surface area contributed by atoms with Gasteiger partial charge in [0.1, 0.15) is 0 Å². The first kappa shape index (κ1) is 13.8. The molecule has 0 atom stereocenters. The van der Waals surface area contributed by atoms with Gasteiger partial charge in [-0.3, -0.25) is 4.79 Å². The van der Waals surface area contributed by atoms with Crippen molar-refractivity contribution < 1.29 is 4.79 Å². The molecule has 0 unspecified atom stereocenters. The number of carbonyl (C=O) groups is 1. The minimum atomic E-state index is -0.0896. The number of anilines is 1. The van der Waals surface area contributed by atoms with E-state index in [0.717, 1.165) is 33.8 Å². The van der Waals surface area contributed by atoms with E-state index in [0.29, 0.717) is 5.56 Å². The van der Waals surface area contributed by atoms with E-state index in [-0.39, 0.29) is 5.91 Å². The van der Waals surface area contributed by atoms with Gasteiger partial charge in [0, 0.05) is 11.3 Å². The van der Waals surface area contributed by atoms with Crippen LogP contribution in [0.15, 0.2) is 48.5 Å². The summed E-state index contributed by atoms with van der Waals surface area (Å²) >= 11 is 1.70. The largest absolute Gasteiger partial charge is 0.322 e. The average molecular weight is 296 g/mol. The van der Waals surface area contributed by atoms with Crippen LogP contribution < -0.4 is 5.32 Å². The molecule has 1 amide bonds. The molecule has 0 radical (unpaired) electrons. The van der Waals surface area contributed by atoms with Crippen molar-refractivity contribution in [3.63, 3.8) is 0 Å². The minimum Gasteiger partial charge on any atom is -0.322 e. The Morgan fingerprint density at radius 1 is 1.19 bits per heavy atom. The Hall–Kier alpha value is -2.20. The summed E-state index contributed by atoms with van der Waals surface area (Å²) in [4.78, 5) is 16.7. The van der Waals surface area contributed by atoms with Gasteiger partial charge in [0.2, 0.25) is 0 Å². The predicted octanol–water partition coefficient (Wildman–Crippen LogP) is 4.50. The second-order valence-electron chi connectivity index (χ2n) is 4.86. The van der Waals surface area contributed by atoms with Crippen molar-refractivity contribution in [1.82, 2.24) is 4.98 Å². The standard InChI is InChI=1S/C17H16N2OS/c1-2-6-16-19-14-10-9-13(11-15(14)21-16)18-17(20)12-7-4-3-5-8-12/h3-5,7-11H,2,6H2,1H3,(H,18,20). The lowest BCUT2D eigenvalue weighted by atomic mass is 10.2. The molecule has 1 N–H and O–H groups in total. The van der Waals surface area contributed by atoms with E-state index in [2.05, 4.69) is 17.2 Å². The van der Waals surface area contributed by atoms with E-state index in [1.54, 1.807) is 23.5 Å². The van der Waals surface area contributed by atoms with Crippen LogP contribution >= 0.6 is 11.3 Å². The van der Waals surface area contributed by atoms with Crippen LogP contribution in [0.4, 0.5) is 5.69 Å². The average Bonchev–Trinajstić information content (AvgIpc) is 2.90. The quantitative estimate of drug-likeness (QED) is 0.770. The molecule has 106 valence electrons. The van der Waals surface area contributed by atoms with Crippen LogP contribution in [0.25, 0.3) is 10.2 Å². The van der Waals surface area contributed by atoms with Crippen molar-refractivity contribution in [2.75, 3.05) is 5.32 Å². The first-order valence-corrected chi connectivity index (χ1v) is 7.84. The molecule has 0 aliphatic carbocycles. The van der Waals surface area contributed by atoms with E-state index in [9.17, 15) is 4.79 Å². The highest BCUT2D eigenvalue weighted by molar-refractivity contribution is 7.18. The molecular formula is C17H16N2OS. The van der Waals surface area contributed by atoms with Crippen molar-refractivity contribution in [2.45, 2.75) is 19.8 Å². The van der Waals surface area contributed by atoms with Crippen LogP contribution in [0.5, 0.6) is 0 Å². The van der Waals surface area contributed by atoms with Crippen LogP contribution in [-0.4, -0.2) is 10.9 Å². The first-order chi connectivity index (χ1) is 10.3. The van der Waals surface area contributed by atoms with Gasteiger partial charge in [-0.15, -0.1) is 11.3 Å². The van der Waals surface area contributed by atoms with Crippen molar-refractivity contribution in [1.29, 1.82) is 0 Å². The van der Waals surface area contributed by atoms with Gasteiger partial charge >= 0.3 is 0 Å². The van der Waals surface area contributed by atoms with Gasteiger partial charge in [-0.25, -0.2) is 4.98 Å². The highest BCUT2D eigenvalue weighted by Gasteiger charge is 2.08. The van der Waals surface area contributed by atoms with E-state index in [4.69, 9.17) is 0 Å². The first-order valence-electron chi connectivity index (χ1n) is 7.02. The SMILES string of the molecule is CCCc1nc2ccc(NC(=O)c3ccccc3)cc2s1. The second-order valence-corrected chi connectivity index (χ2v) is 5.98. The zero-order chi connectivity index (χ0) is 14.7. The van der Waals surface area contributed by atoms with Gasteiger partial charge in [0.25, 0.3) is 5.91 Å². The molecule has 0 aliphatic heterocycles. The van der Waals surface area contributed by atoms with Crippen LogP contribution in [0.2, 0.25) is 0 Å². The monoisotopic (exact) mass is 296 g/mol. The number of aryl methyl sites for hydroxylation is 1. The summed E-state index contributed by atoms with van der Waals surface area (Å²) in [5, 5.41) is 4.08. The Labute approximate surface area is 127 Å². The van der Waals surface area contributed by atoms with E-state index in [1.165, 1.54) is 0 Å². The molecule has 3 aromatic rings. The van der Waals surface area contributed by atoms with Gasteiger partial charge in [-0.05, 0) is 43.2 Å². The number of nitrogens with zero attached hydrogens (tertiary/aromatic N) is 1. The van der Waals surface area contributed by atoms with Gasteiger partial charge in [-0.2, -0.15) is 0 Å². The number of hydrogen-bond acceptors (Lipinski definition) is 3. The molecule has 0 saturated heterocycles. The van der Waals surface area contributed by atoms with Gasteiger partial charge in [-0.1, -0.05) is 25.1 Å². The Morgan fingerprint density at radius 3 is 2.76 bits per heavy atom. The molecular weight excluding hydrogens is 280 g/mol. The second kappa shape index (κ2) is 6.06. The lowest BCUT2D eigenvalue weighted by molar-refractivity contribution is 0.102. The summed E-state index contributed by atoms with van der Waals surface area (Å²) in [6.45, 7) is 2.15. The molecule has 3 nitrogen and oxygen atoms in total. The molecule has 0 aliphatic rings. The third-order valence-electron chi connectivity index (χ3n) is 3.19. The highest BCUT2D eigenvalue weighted by atomic mass is 32.1. The Balaban J connectivity index is 1.82. The maximum Gasteiger partial charge on any atom is 0.255 e. The Kier molecular flexibility index (Phi) is 3.97. The smallest absolute Gasteiger partial charge is 0.255 e. The minimum absolute atomic E-state index is 0.0896. The summed E-state index contributed by atoms with van der Waals surface area (Å²) in [5.41, 5.74) is 2.47. The number of fused-ring (bicyclic) bond motifs is 1. The van der Waals surface area contributed by atoms with E-state index in [1.807, 2.05) is 36.4 Å². The van der Waals surface area contributed by atoms with Crippen molar-refractivity contribution in [3.8, 4) is 0 Å². The zero-order valence-corrected chi connectivity index (χ0v) is 12.6. The maximum absolute atomic E-state index is 12.1. The van der Waals surface area contributed by atoms with E-state index < -0.39 is 0 Å². The molecule has 4 heteroatoms. The lowest BCUT2D eigenvalue weighted by Crippen LogP contribution is -2.11. The fraction of sp³-hybridized carbons (Fsp3) is 0.176. The van der Waals surface area contributed by atoms with Gasteiger partial charge in [0.05, 0.1) is 15.2 Å². The number of benzene rings is 2. The topological polar surface area (TPSA) is 42.0 Å². The normalized spacial score (nSPS) is 10.7. The number of rotatable bonds is 4. The third-order valence-corrected chi connectivity index (χ3v) is 4.27. The lowest BCUT2D eigenvalue weighted by Gasteiger charge is -2.04. The molecule has 0 fully saturated rings. The molecule has 1 heterocycles. The fourth-order valence-corrected chi connectivity index (χ4v) is 3.27. The fourth-order valence-electron chi connectivity index (χ4n) is 2.16. The zero-order valence-electron chi connectivity index (χ0n) is 11.8. The maximum atomic E-state index is 12.1. The number of nitrogens with one attached hydrogen (secondary N) is 1. The summed E-state index contributed by atoms with van der Waals surface area (Å²) < 4.78 is 1.12. The number of amides is 1. The molecule has 21 heavy (non-hydrogen) atoms. The summed E-state index contributed by atoms with van der Waals surface area (Å²) in [6.07, 6.45) is 2.10. The van der Waals surface area contributed by atoms with E-state index >= 15 is 0 Å². The van der Waals surface area contributed by atoms with Crippen molar-refractivity contribution in [3.05, 3.63) is 59.1 Å². The molecule has 0 spiro atoms. The molecule has 3 rings (SSSR count). The Bertz CT molecular complexity index is 765. The highest BCUT2D eigenvalue weighted by Crippen LogP contribution is 2.26. The number of aromatic nitrogens is 1. The number of carbonyl (C=O) groups excluding carboxylic acids is 1. The van der Waals surface area contributed by atoms with Crippen molar-refractivity contribution >= 4 is 33.1 Å². The molecule has 2 aromatic carbocycles. The Morgan fingerprint density at radius 2 is 2.00 bits per heavy atom. The molecule has 0 saturated carbocycles. The van der Waals surface area contributed by atoms with Gasteiger partial charge in [0.15, 0.2) is 0 Å². The summed E-state index contributed by atoms with van der Waals surface area (Å²) in [7, 11) is 0. The number of thiazole rings is 1.